The van der Waals surface area contributed by atoms with Gasteiger partial charge in [-0.15, -0.1) is 6.58 Å². The number of β-amino-alcohol motifs (C(OH)–C–C–N with tert-alkyl or cyclic N) is 1. The summed E-state index contributed by atoms with van der Waals surface area (Å²) in [5.74, 6) is 0. The zero-order valence-corrected chi connectivity index (χ0v) is 12.0. The van der Waals surface area contributed by atoms with Crippen LogP contribution in [0.15, 0.2) is 12.7 Å². The van der Waals surface area contributed by atoms with Gasteiger partial charge >= 0.3 is 0 Å². The SMILES string of the molecule is C=CCC[C@@H](O)CN1CCN(C2CCOCC2)CC1. The van der Waals surface area contributed by atoms with Gasteiger partial charge in [-0.05, 0) is 25.7 Å². The van der Waals surface area contributed by atoms with Crippen LogP contribution >= 0.6 is 0 Å². The number of hydrogen-bond acceptors (Lipinski definition) is 4. The van der Waals surface area contributed by atoms with E-state index in [1.54, 1.807) is 0 Å². The van der Waals surface area contributed by atoms with E-state index in [0.717, 1.165) is 64.8 Å². The molecule has 2 heterocycles. The zero-order valence-electron chi connectivity index (χ0n) is 12.0. The molecule has 110 valence electrons. The summed E-state index contributed by atoms with van der Waals surface area (Å²) in [6, 6.07) is 0.724. The molecule has 2 fully saturated rings. The molecule has 1 atom stereocenters. The van der Waals surface area contributed by atoms with Gasteiger partial charge in [0.1, 0.15) is 0 Å². The molecule has 19 heavy (non-hydrogen) atoms. The standard InChI is InChI=1S/C15H28N2O2/c1-2-3-4-15(18)13-16-7-9-17(10-8-16)14-5-11-19-12-6-14/h2,14-15,18H,1,3-13H2/t15-/m1/s1. The zero-order chi connectivity index (χ0) is 13.5. The van der Waals surface area contributed by atoms with Gasteiger partial charge in [0.05, 0.1) is 6.10 Å². The van der Waals surface area contributed by atoms with Crippen LogP contribution in [-0.4, -0.2) is 73.0 Å². The third kappa shape index (κ3) is 4.88. The largest absolute Gasteiger partial charge is 0.392 e. The Kier molecular flexibility index (Phi) is 6.31. The van der Waals surface area contributed by atoms with Crippen LogP contribution in [0.5, 0.6) is 0 Å². The van der Waals surface area contributed by atoms with Crippen LogP contribution in [0.2, 0.25) is 0 Å². The molecule has 2 aliphatic heterocycles. The van der Waals surface area contributed by atoms with Crippen molar-refractivity contribution in [2.75, 3.05) is 45.9 Å². The van der Waals surface area contributed by atoms with Crippen LogP contribution in [0.3, 0.4) is 0 Å². The van der Waals surface area contributed by atoms with E-state index >= 15 is 0 Å². The molecule has 2 rings (SSSR count). The first kappa shape index (κ1) is 15.0. The third-order valence-electron chi connectivity index (χ3n) is 4.29. The molecule has 0 bridgehead atoms. The van der Waals surface area contributed by atoms with Crippen molar-refractivity contribution in [2.45, 2.75) is 37.8 Å². The minimum atomic E-state index is -0.201. The van der Waals surface area contributed by atoms with Gasteiger partial charge in [0.2, 0.25) is 0 Å². The highest BCUT2D eigenvalue weighted by Gasteiger charge is 2.25. The Morgan fingerprint density at radius 2 is 1.89 bits per heavy atom. The van der Waals surface area contributed by atoms with Gasteiger partial charge < -0.3 is 9.84 Å². The molecule has 1 N–H and O–H groups in total. The molecule has 0 amide bonds. The van der Waals surface area contributed by atoms with Crippen LogP contribution in [0.4, 0.5) is 0 Å². The lowest BCUT2D eigenvalue weighted by atomic mass is 10.1. The summed E-state index contributed by atoms with van der Waals surface area (Å²) in [6.07, 6.45) is 5.79. The lowest BCUT2D eigenvalue weighted by Gasteiger charge is -2.41. The second-order valence-corrected chi connectivity index (χ2v) is 5.70. The third-order valence-corrected chi connectivity index (χ3v) is 4.29. The average molecular weight is 268 g/mol. The number of piperazine rings is 1. The summed E-state index contributed by atoms with van der Waals surface area (Å²) in [5, 5.41) is 9.93. The van der Waals surface area contributed by atoms with E-state index in [1.165, 1.54) is 12.8 Å². The van der Waals surface area contributed by atoms with Gasteiger partial charge in [-0.2, -0.15) is 0 Å². The van der Waals surface area contributed by atoms with E-state index < -0.39 is 0 Å². The fraction of sp³-hybridized carbons (Fsp3) is 0.867. The highest BCUT2D eigenvalue weighted by molar-refractivity contribution is 4.81. The molecule has 2 saturated heterocycles. The molecule has 0 spiro atoms. The maximum Gasteiger partial charge on any atom is 0.0670 e. The van der Waals surface area contributed by atoms with Gasteiger partial charge in [0.15, 0.2) is 0 Å². The minimum Gasteiger partial charge on any atom is -0.392 e. The van der Waals surface area contributed by atoms with Gasteiger partial charge in [-0.3, -0.25) is 9.80 Å². The van der Waals surface area contributed by atoms with Crippen LogP contribution in [-0.2, 0) is 4.74 Å². The van der Waals surface area contributed by atoms with E-state index in [-0.39, 0.29) is 6.10 Å². The van der Waals surface area contributed by atoms with Crippen molar-refractivity contribution in [1.29, 1.82) is 0 Å². The number of ether oxygens (including phenoxy) is 1. The topological polar surface area (TPSA) is 35.9 Å². The Morgan fingerprint density at radius 3 is 2.53 bits per heavy atom. The van der Waals surface area contributed by atoms with Crippen LogP contribution in [0.25, 0.3) is 0 Å². The number of nitrogens with zero attached hydrogens (tertiary/aromatic N) is 2. The molecule has 4 nitrogen and oxygen atoms in total. The molecule has 2 aliphatic rings. The smallest absolute Gasteiger partial charge is 0.0670 e. The summed E-state index contributed by atoms with van der Waals surface area (Å²) in [5.41, 5.74) is 0. The van der Waals surface area contributed by atoms with Crippen molar-refractivity contribution in [3.05, 3.63) is 12.7 Å². The van der Waals surface area contributed by atoms with Crippen molar-refractivity contribution in [3.63, 3.8) is 0 Å². The highest BCUT2D eigenvalue weighted by atomic mass is 16.5. The number of rotatable bonds is 6. The highest BCUT2D eigenvalue weighted by Crippen LogP contribution is 2.16. The Labute approximate surface area is 117 Å². The van der Waals surface area contributed by atoms with Gasteiger partial charge in [0.25, 0.3) is 0 Å². The number of hydrogen-bond donors (Lipinski definition) is 1. The maximum absolute atomic E-state index is 9.93. The van der Waals surface area contributed by atoms with Gasteiger partial charge in [0, 0.05) is 52.0 Å². The molecular formula is C15H28N2O2. The maximum atomic E-state index is 9.93. The van der Waals surface area contributed by atoms with E-state index in [0.29, 0.717) is 0 Å². The van der Waals surface area contributed by atoms with Crippen LogP contribution in [0.1, 0.15) is 25.7 Å². The number of allylic oxidation sites excluding steroid dienone is 1. The van der Waals surface area contributed by atoms with Crippen molar-refractivity contribution in [1.82, 2.24) is 9.80 Å². The summed E-state index contributed by atoms with van der Waals surface area (Å²) >= 11 is 0. The fourth-order valence-corrected chi connectivity index (χ4v) is 3.06. The molecule has 0 aromatic carbocycles. The Hall–Kier alpha value is -0.420. The normalized spacial score (nSPS) is 25.3. The lowest BCUT2D eigenvalue weighted by molar-refractivity contribution is 0.00554. The summed E-state index contributed by atoms with van der Waals surface area (Å²) in [7, 11) is 0. The molecule has 0 aromatic rings. The Bertz CT molecular complexity index is 259. The molecule has 0 saturated carbocycles. The van der Waals surface area contributed by atoms with Crippen LogP contribution in [0, 0.1) is 0 Å². The molecule has 4 heteroatoms. The fourth-order valence-electron chi connectivity index (χ4n) is 3.06. The minimum absolute atomic E-state index is 0.201. The van der Waals surface area contributed by atoms with E-state index in [1.807, 2.05) is 6.08 Å². The summed E-state index contributed by atoms with van der Waals surface area (Å²) in [6.45, 7) is 10.8. The molecule has 0 radical (unpaired) electrons. The second-order valence-electron chi connectivity index (χ2n) is 5.70. The molecular weight excluding hydrogens is 240 g/mol. The number of aliphatic hydroxyl groups is 1. The second kappa shape index (κ2) is 8.00. The van der Waals surface area contributed by atoms with E-state index in [9.17, 15) is 5.11 Å². The predicted octanol–water partition coefficient (Wildman–Crippen LogP) is 1.11. The monoisotopic (exact) mass is 268 g/mol. The number of aliphatic hydroxyl groups excluding tert-OH is 1. The first-order valence-electron chi connectivity index (χ1n) is 7.62. The van der Waals surface area contributed by atoms with Gasteiger partial charge in [-0.1, -0.05) is 6.08 Å². The molecule has 0 aromatic heterocycles. The average Bonchev–Trinajstić information content (AvgIpc) is 2.47. The van der Waals surface area contributed by atoms with Crippen molar-refractivity contribution >= 4 is 0 Å². The van der Waals surface area contributed by atoms with Crippen molar-refractivity contribution in [3.8, 4) is 0 Å². The van der Waals surface area contributed by atoms with Gasteiger partial charge in [-0.25, -0.2) is 0 Å². The van der Waals surface area contributed by atoms with E-state index in [4.69, 9.17) is 4.74 Å². The Morgan fingerprint density at radius 1 is 1.21 bits per heavy atom. The first-order valence-corrected chi connectivity index (χ1v) is 7.62. The van der Waals surface area contributed by atoms with Crippen molar-refractivity contribution in [2.24, 2.45) is 0 Å². The first-order chi connectivity index (χ1) is 9.29. The summed E-state index contributed by atoms with van der Waals surface area (Å²) in [4.78, 5) is 5.00. The molecule has 0 aliphatic carbocycles. The molecule has 0 unspecified atom stereocenters. The van der Waals surface area contributed by atoms with Crippen LogP contribution < -0.4 is 0 Å². The quantitative estimate of drug-likeness (QED) is 0.732. The summed E-state index contributed by atoms with van der Waals surface area (Å²) < 4.78 is 5.42. The van der Waals surface area contributed by atoms with E-state index in [2.05, 4.69) is 16.4 Å². The lowest BCUT2D eigenvalue weighted by Crippen LogP contribution is -2.52. The van der Waals surface area contributed by atoms with Crippen molar-refractivity contribution < 1.29 is 9.84 Å². The Balaban J connectivity index is 1.65. The predicted molar refractivity (Wildman–Crippen MR) is 77.3 cm³/mol.